The first-order chi connectivity index (χ1) is 5.36. The molecule has 1 fully saturated rings. The fraction of sp³-hybridized carbons (Fsp3) is 0.429. The molecule has 0 bridgehead atoms. The summed E-state index contributed by atoms with van der Waals surface area (Å²) in [7, 11) is 0. The van der Waals surface area contributed by atoms with Crippen molar-refractivity contribution in [1.29, 1.82) is 0 Å². The summed E-state index contributed by atoms with van der Waals surface area (Å²) in [5.41, 5.74) is 0. The number of hydrogen-bond acceptors (Lipinski definition) is 2. The molecule has 1 heterocycles. The summed E-state index contributed by atoms with van der Waals surface area (Å²) in [6, 6.07) is 0. The molecule has 0 unspecified atom stereocenters. The average molecular weight is 151 g/mol. The van der Waals surface area contributed by atoms with Gasteiger partial charge in [-0.05, 0) is 12.8 Å². The fourth-order valence-electron chi connectivity index (χ4n) is 0.898. The summed E-state index contributed by atoms with van der Waals surface area (Å²) >= 11 is 0. The Bertz CT molecular complexity index is 251. The second-order valence-corrected chi connectivity index (χ2v) is 2.70. The second-order valence-electron chi connectivity index (χ2n) is 2.70. The zero-order valence-electron chi connectivity index (χ0n) is 6.00. The maximum Gasteiger partial charge on any atom is 0.229 e. The lowest BCUT2D eigenvalue weighted by molar-refractivity contribution is -0.117. The lowest BCUT2D eigenvalue weighted by atomic mass is 10.4. The molecule has 0 radical (unpaired) electrons. The Morgan fingerprint density at radius 3 is 3.09 bits per heavy atom. The number of H-pyrrole nitrogens is 1. The molecule has 58 valence electrons. The highest BCUT2D eigenvalue weighted by Crippen LogP contribution is 2.29. The Hall–Kier alpha value is -1.32. The van der Waals surface area contributed by atoms with Gasteiger partial charge < -0.3 is 4.98 Å². The van der Waals surface area contributed by atoms with Crippen molar-refractivity contribution in [2.75, 3.05) is 5.32 Å². The fourth-order valence-corrected chi connectivity index (χ4v) is 0.898. The predicted molar refractivity (Wildman–Crippen MR) is 39.9 cm³/mol. The summed E-state index contributed by atoms with van der Waals surface area (Å²) in [5.74, 6) is 0.863. The van der Waals surface area contributed by atoms with E-state index in [2.05, 4.69) is 15.3 Å². The average Bonchev–Trinajstić information content (AvgIpc) is 2.73. The zero-order chi connectivity index (χ0) is 7.68. The molecule has 0 aliphatic heterocycles. The predicted octanol–water partition coefficient (Wildman–Crippen LogP) is 0.758. The van der Waals surface area contributed by atoms with E-state index in [0.29, 0.717) is 5.95 Å². The molecule has 2 rings (SSSR count). The summed E-state index contributed by atoms with van der Waals surface area (Å²) in [6.07, 6.45) is 5.34. The van der Waals surface area contributed by atoms with Crippen LogP contribution in [0.5, 0.6) is 0 Å². The molecule has 0 atom stereocenters. The molecule has 1 aliphatic rings. The Labute approximate surface area is 64.0 Å². The molecular formula is C7H9N3O. The molecule has 0 spiro atoms. The van der Waals surface area contributed by atoms with Crippen LogP contribution in [0.15, 0.2) is 12.4 Å². The zero-order valence-corrected chi connectivity index (χ0v) is 6.00. The number of rotatable bonds is 2. The largest absolute Gasteiger partial charge is 0.331 e. The SMILES string of the molecule is O=C(Nc1ncc[nH]1)C1CC1. The van der Waals surface area contributed by atoms with E-state index in [-0.39, 0.29) is 11.8 Å². The first kappa shape index (κ1) is 6.39. The number of carbonyl (C=O) groups excluding carboxylic acids is 1. The molecule has 1 aromatic rings. The Balaban J connectivity index is 1.94. The van der Waals surface area contributed by atoms with Gasteiger partial charge in [0.15, 0.2) is 0 Å². The Morgan fingerprint density at radius 1 is 1.73 bits per heavy atom. The maximum absolute atomic E-state index is 11.1. The van der Waals surface area contributed by atoms with Crippen LogP contribution in [0.1, 0.15) is 12.8 Å². The van der Waals surface area contributed by atoms with Crippen molar-refractivity contribution in [3.05, 3.63) is 12.4 Å². The molecule has 2 N–H and O–H groups in total. The van der Waals surface area contributed by atoms with Gasteiger partial charge in [-0.15, -0.1) is 0 Å². The molecule has 1 aromatic heterocycles. The van der Waals surface area contributed by atoms with Crippen LogP contribution in [0.25, 0.3) is 0 Å². The van der Waals surface area contributed by atoms with Gasteiger partial charge in [0.05, 0.1) is 0 Å². The number of nitrogens with one attached hydrogen (secondary N) is 2. The van der Waals surface area contributed by atoms with Gasteiger partial charge in [0.2, 0.25) is 11.9 Å². The summed E-state index contributed by atoms with van der Waals surface area (Å²) in [5, 5.41) is 2.68. The van der Waals surface area contributed by atoms with Gasteiger partial charge in [-0.25, -0.2) is 4.98 Å². The third-order valence-electron chi connectivity index (χ3n) is 1.69. The van der Waals surface area contributed by atoms with Gasteiger partial charge in [-0.2, -0.15) is 0 Å². The van der Waals surface area contributed by atoms with Crippen molar-refractivity contribution in [3.63, 3.8) is 0 Å². The number of amides is 1. The van der Waals surface area contributed by atoms with E-state index in [1.807, 2.05) is 0 Å². The van der Waals surface area contributed by atoms with E-state index in [0.717, 1.165) is 12.8 Å². The van der Waals surface area contributed by atoms with Crippen molar-refractivity contribution >= 4 is 11.9 Å². The van der Waals surface area contributed by atoms with Crippen LogP contribution in [0.3, 0.4) is 0 Å². The van der Waals surface area contributed by atoms with E-state index in [1.54, 1.807) is 12.4 Å². The molecule has 0 saturated heterocycles. The molecule has 1 amide bonds. The Kier molecular flexibility index (Phi) is 1.38. The maximum atomic E-state index is 11.1. The lowest BCUT2D eigenvalue weighted by Crippen LogP contribution is -2.14. The highest BCUT2D eigenvalue weighted by Gasteiger charge is 2.29. The summed E-state index contributed by atoms with van der Waals surface area (Å²) in [6.45, 7) is 0. The quantitative estimate of drug-likeness (QED) is 0.655. The van der Waals surface area contributed by atoms with Crippen molar-refractivity contribution in [2.24, 2.45) is 5.92 Å². The number of hydrogen-bond donors (Lipinski definition) is 2. The molecule has 4 heteroatoms. The topological polar surface area (TPSA) is 57.8 Å². The van der Waals surface area contributed by atoms with Crippen molar-refractivity contribution in [2.45, 2.75) is 12.8 Å². The van der Waals surface area contributed by atoms with Gasteiger partial charge in [-0.1, -0.05) is 0 Å². The molecular weight excluding hydrogens is 142 g/mol. The summed E-state index contributed by atoms with van der Waals surface area (Å²) in [4.78, 5) is 17.8. The van der Waals surface area contributed by atoms with Crippen LogP contribution in [0, 0.1) is 5.92 Å². The summed E-state index contributed by atoms with van der Waals surface area (Å²) < 4.78 is 0. The van der Waals surface area contributed by atoms with Crippen LogP contribution in [0.2, 0.25) is 0 Å². The van der Waals surface area contributed by atoms with Crippen LogP contribution in [-0.2, 0) is 4.79 Å². The monoisotopic (exact) mass is 151 g/mol. The van der Waals surface area contributed by atoms with E-state index in [4.69, 9.17) is 0 Å². The highest BCUT2D eigenvalue weighted by atomic mass is 16.2. The van der Waals surface area contributed by atoms with Crippen LogP contribution >= 0.6 is 0 Å². The van der Waals surface area contributed by atoms with Crippen LogP contribution in [0.4, 0.5) is 5.95 Å². The normalized spacial score (nSPS) is 16.4. The van der Waals surface area contributed by atoms with Gasteiger partial charge >= 0.3 is 0 Å². The molecule has 0 aromatic carbocycles. The number of nitrogens with zero attached hydrogens (tertiary/aromatic N) is 1. The number of imidazole rings is 1. The minimum Gasteiger partial charge on any atom is -0.331 e. The lowest BCUT2D eigenvalue weighted by Gasteiger charge is -1.97. The number of anilines is 1. The number of aromatic amines is 1. The third kappa shape index (κ3) is 1.39. The molecule has 11 heavy (non-hydrogen) atoms. The van der Waals surface area contributed by atoms with Gasteiger partial charge in [0, 0.05) is 18.3 Å². The van der Waals surface area contributed by atoms with Crippen molar-refractivity contribution < 1.29 is 4.79 Å². The number of carbonyl (C=O) groups is 1. The van der Waals surface area contributed by atoms with Crippen LogP contribution in [-0.4, -0.2) is 15.9 Å². The van der Waals surface area contributed by atoms with Crippen molar-refractivity contribution in [1.82, 2.24) is 9.97 Å². The Morgan fingerprint density at radius 2 is 2.55 bits per heavy atom. The molecule has 4 nitrogen and oxygen atoms in total. The van der Waals surface area contributed by atoms with Crippen molar-refractivity contribution in [3.8, 4) is 0 Å². The van der Waals surface area contributed by atoms with Gasteiger partial charge in [-0.3, -0.25) is 10.1 Å². The van der Waals surface area contributed by atoms with E-state index in [1.165, 1.54) is 0 Å². The van der Waals surface area contributed by atoms with E-state index < -0.39 is 0 Å². The smallest absolute Gasteiger partial charge is 0.229 e. The highest BCUT2D eigenvalue weighted by molar-refractivity contribution is 5.92. The van der Waals surface area contributed by atoms with Crippen LogP contribution < -0.4 is 5.32 Å². The first-order valence-electron chi connectivity index (χ1n) is 3.66. The minimum atomic E-state index is 0.0833. The molecule has 1 saturated carbocycles. The third-order valence-corrected chi connectivity index (χ3v) is 1.69. The first-order valence-corrected chi connectivity index (χ1v) is 3.66. The minimum absolute atomic E-state index is 0.0833. The van der Waals surface area contributed by atoms with Gasteiger partial charge in [0.25, 0.3) is 0 Å². The number of aromatic nitrogens is 2. The second kappa shape index (κ2) is 2.38. The standard InChI is InChI=1S/C7H9N3O/c11-6(5-1-2-5)10-7-8-3-4-9-7/h3-5H,1-2H2,(H2,8,9,10,11). The van der Waals surface area contributed by atoms with Gasteiger partial charge in [0.1, 0.15) is 0 Å². The molecule has 1 aliphatic carbocycles. The van der Waals surface area contributed by atoms with E-state index in [9.17, 15) is 4.79 Å². The van der Waals surface area contributed by atoms with E-state index >= 15 is 0 Å².